The highest BCUT2D eigenvalue weighted by Gasteiger charge is 2.45. The van der Waals surface area contributed by atoms with E-state index in [1.54, 1.807) is 19.1 Å². The Morgan fingerprint density at radius 1 is 1.35 bits per heavy atom. The molecular formula is C15H18N2O5S. The van der Waals surface area contributed by atoms with Crippen LogP contribution in [0.4, 0.5) is 5.69 Å². The number of carbonyl (C=O) groups excluding carboxylic acids is 1. The minimum absolute atomic E-state index is 0.0293. The van der Waals surface area contributed by atoms with E-state index < -0.39 is 21.4 Å². The summed E-state index contributed by atoms with van der Waals surface area (Å²) in [5.41, 5.74) is 0.373. The third kappa shape index (κ3) is 2.72. The number of aliphatic carboxylic acids is 1. The van der Waals surface area contributed by atoms with Crippen LogP contribution in [-0.2, 0) is 26.0 Å². The lowest BCUT2D eigenvalue weighted by Crippen LogP contribution is -2.35. The molecule has 0 aliphatic carbocycles. The number of anilines is 1. The normalized spacial score (nSPS) is 25.0. The molecule has 0 saturated carbocycles. The van der Waals surface area contributed by atoms with Gasteiger partial charge in [0.2, 0.25) is 15.9 Å². The van der Waals surface area contributed by atoms with Gasteiger partial charge in [0.1, 0.15) is 0 Å². The van der Waals surface area contributed by atoms with Crippen LogP contribution in [0.15, 0.2) is 23.1 Å². The smallest absolute Gasteiger partial charge is 0.310 e. The van der Waals surface area contributed by atoms with E-state index in [-0.39, 0.29) is 23.9 Å². The summed E-state index contributed by atoms with van der Waals surface area (Å²) in [6, 6.07) is 4.61. The number of carboxylic acid groups (broad SMARTS) is 1. The van der Waals surface area contributed by atoms with Crippen molar-refractivity contribution in [3.05, 3.63) is 23.8 Å². The zero-order valence-corrected chi connectivity index (χ0v) is 13.5. The first kappa shape index (κ1) is 15.9. The molecule has 7 nitrogen and oxygen atoms in total. The van der Waals surface area contributed by atoms with Gasteiger partial charge in [0, 0.05) is 25.2 Å². The molecule has 0 spiro atoms. The van der Waals surface area contributed by atoms with Crippen molar-refractivity contribution in [1.82, 2.24) is 4.31 Å². The van der Waals surface area contributed by atoms with E-state index in [0.29, 0.717) is 24.9 Å². The fourth-order valence-electron chi connectivity index (χ4n) is 2.97. The van der Waals surface area contributed by atoms with E-state index in [1.807, 2.05) is 0 Å². The maximum Gasteiger partial charge on any atom is 0.310 e. The van der Waals surface area contributed by atoms with Gasteiger partial charge in [-0.05, 0) is 43.5 Å². The molecule has 1 aromatic rings. The second-order valence-corrected chi connectivity index (χ2v) is 8.26. The molecule has 124 valence electrons. The molecule has 1 aromatic carbocycles. The number of carbonyl (C=O) groups is 2. The molecule has 2 aliphatic heterocycles. The van der Waals surface area contributed by atoms with Gasteiger partial charge in [0.25, 0.3) is 0 Å². The van der Waals surface area contributed by atoms with Crippen molar-refractivity contribution in [1.29, 1.82) is 0 Å². The lowest BCUT2D eigenvalue weighted by Gasteiger charge is -2.22. The Kier molecular flexibility index (Phi) is 3.68. The lowest BCUT2D eigenvalue weighted by atomic mass is 9.90. The molecule has 0 bridgehead atoms. The van der Waals surface area contributed by atoms with Gasteiger partial charge in [-0.25, -0.2) is 8.42 Å². The number of rotatable bonds is 3. The molecule has 1 amide bonds. The van der Waals surface area contributed by atoms with Gasteiger partial charge in [-0.3, -0.25) is 9.59 Å². The van der Waals surface area contributed by atoms with E-state index in [1.165, 1.54) is 10.4 Å². The van der Waals surface area contributed by atoms with Crippen LogP contribution in [-0.4, -0.2) is 42.8 Å². The molecule has 2 aliphatic rings. The number of carboxylic acids is 1. The van der Waals surface area contributed by atoms with Crippen molar-refractivity contribution in [3.63, 3.8) is 0 Å². The second kappa shape index (κ2) is 5.31. The Balaban J connectivity index is 1.89. The summed E-state index contributed by atoms with van der Waals surface area (Å²) in [5, 5.41) is 12.0. The molecule has 1 atom stereocenters. The maximum atomic E-state index is 12.7. The van der Waals surface area contributed by atoms with Crippen molar-refractivity contribution in [3.8, 4) is 0 Å². The zero-order valence-electron chi connectivity index (χ0n) is 12.7. The second-order valence-electron chi connectivity index (χ2n) is 6.32. The number of nitrogens with one attached hydrogen (secondary N) is 1. The summed E-state index contributed by atoms with van der Waals surface area (Å²) >= 11 is 0. The van der Waals surface area contributed by atoms with E-state index in [2.05, 4.69) is 5.32 Å². The summed E-state index contributed by atoms with van der Waals surface area (Å²) in [5.74, 6) is -1.06. The van der Waals surface area contributed by atoms with Crippen molar-refractivity contribution < 1.29 is 23.1 Å². The first-order chi connectivity index (χ1) is 10.7. The fraction of sp³-hybridized carbons (Fsp3) is 0.467. The third-order valence-corrected chi connectivity index (χ3v) is 6.41. The first-order valence-corrected chi connectivity index (χ1v) is 8.83. The summed E-state index contributed by atoms with van der Waals surface area (Å²) < 4.78 is 26.7. The minimum atomic E-state index is -3.73. The molecule has 0 aromatic heterocycles. The predicted octanol–water partition coefficient (Wildman–Crippen LogP) is 1.06. The molecule has 23 heavy (non-hydrogen) atoms. The van der Waals surface area contributed by atoms with Crippen LogP contribution in [0.1, 0.15) is 25.3 Å². The third-order valence-electron chi connectivity index (χ3n) is 4.56. The molecule has 2 N–H and O–H groups in total. The largest absolute Gasteiger partial charge is 0.481 e. The van der Waals surface area contributed by atoms with Gasteiger partial charge in [-0.15, -0.1) is 0 Å². The van der Waals surface area contributed by atoms with E-state index in [9.17, 15) is 23.1 Å². The topological polar surface area (TPSA) is 104 Å². The number of sulfonamides is 1. The molecule has 8 heteroatoms. The van der Waals surface area contributed by atoms with Crippen LogP contribution in [0.5, 0.6) is 0 Å². The lowest BCUT2D eigenvalue weighted by molar-refractivity contribution is -0.146. The van der Waals surface area contributed by atoms with Crippen LogP contribution in [0, 0.1) is 5.41 Å². The van der Waals surface area contributed by atoms with Crippen LogP contribution in [0.2, 0.25) is 0 Å². The molecule has 3 rings (SSSR count). The quantitative estimate of drug-likeness (QED) is 0.857. The molecule has 1 saturated heterocycles. The van der Waals surface area contributed by atoms with Crippen molar-refractivity contribution >= 4 is 27.6 Å². The Bertz CT molecular complexity index is 789. The highest BCUT2D eigenvalue weighted by Crippen LogP contribution is 2.35. The predicted molar refractivity (Wildman–Crippen MR) is 82.5 cm³/mol. The Hall–Kier alpha value is -1.93. The average molecular weight is 338 g/mol. The highest BCUT2D eigenvalue weighted by molar-refractivity contribution is 7.89. The molecule has 1 fully saturated rings. The van der Waals surface area contributed by atoms with Gasteiger partial charge in [0.05, 0.1) is 10.3 Å². The summed E-state index contributed by atoms with van der Waals surface area (Å²) in [6.07, 6.45) is 1.12. The summed E-state index contributed by atoms with van der Waals surface area (Å²) in [6.45, 7) is 1.73. The standard InChI is InChI=1S/C15H18N2O5S/c1-15(14(19)20)6-7-17(9-15)23(21,22)11-3-4-12-10(8-11)2-5-13(18)16-12/h3-4,8H,2,5-7,9H2,1H3,(H,16,18)(H,19,20). The maximum absolute atomic E-state index is 12.7. The van der Waals surface area contributed by atoms with Gasteiger partial charge >= 0.3 is 5.97 Å². The minimum Gasteiger partial charge on any atom is -0.481 e. The van der Waals surface area contributed by atoms with Crippen molar-refractivity contribution in [2.45, 2.75) is 31.1 Å². The Morgan fingerprint density at radius 2 is 2.09 bits per heavy atom. The zero-order chi connectivity index (χ0) is 16.8. The Morgan fingerprint density at radius 3 is 2.74 bits per heavy atom. The van der Waals surface area contributed by atoms with Crippen LogP contribution in [0.3, 0.4) is 0 Å². The van der Waals surface area contributed by atoms with Crippen molar-refractivity contribution in [2.75, 3.05) is 18.4 Å². The van der Waals surface area contributed by atoms with Crippen molar-refractivity contribution in [2.24, 2.45) is 5.41 Å². The monoisotopic (exact) mass is 338 g/mol. The van der Waals surface area contributed by atoms with E-state index >= 15 is 0 Å². The van der Waals surface area contributed by atoms with Gasteiger partial charge in [0.15, 0.2) is 0 Å². The number of hydrogen-bond acceptors (Lipinski definition) is 4. The number of benzene rings is 1. The number of amides is 1. The first-order valence-electron chi connectivity index (χ1n) is 7.39. The number of hydrogen-bond donors (Lipinski definition) is 2. The molecule has 1 unspecified atom stereocenters. The molecule has 0 radical (unpaired) electrons. The van der Waals surface area contributed by atoms with Crippen LogP contribution in [0.25, 0.3) is 0 Å². The molecule has 2 heterocycles. The fourth-order valence-corrected chi connectivity index (χ4v) is 4.58. The van der Waals surface area contributed by atoms with Crippen LogP contribution >= 0.6 is 0 Å². The van der Waals surface area contributed by atoms with Gasteiger partial charge < -0.3 is 10.4 Å². The average Bonchev–Trinajstić information content (AvgIpc) is 2.91. The number of aryl methyl sites for hydroxylation is 1. The van der Waals surface area contributed by atoms with E-state index in [4.69, 9.17) is 0 Å². The van der Waals surface area contributed by atoms with E-state index in [0.717, 1.165) is 5.56 Å². The summed E-state index contributed by atoms with van der Waals surface area (Å²) in [7, 11) is -3.73. The number of fused-ring (bicyclic) bond motifs is 1. The van der Waals surface area contributed by atoms with Crippen LogP contribution < -0.4 is 5.32 Å². The van der Waals surface area contributed by atoms with Gasteiger partial charge in [-0.2, -0.15) is 4.31 Å². The SMILES string of the molecule is CC1(C(=O)O)CCN(S(=O)(=O)c2ccc3c(c2)CCC(=O)N3)C1. The summed E-state index contributed by atoms with van der Waals surface area (Å²) in [4.78, 5) is 22.8. The Labute approximate surface area is 134 Å². The van der Waals surface area contributed by atoms with Gasteiger partial charge in [-0.1, -0.05) is 0 Å². The number of nitrogens with zero attached hydrogens (tertiary/aromatic N) is 1. The highest BCUT2D eigenvalue weighted by atomic mass is 32.2. The molecular weight excluding hydrogens is 320 g/mol.